The molecule has 1 N–H and O–H groups in total. The Labute approximate surface area is 123 Å². The summed E-state index contributed by atoms with van der Waals surface area (Å²) in [6.07, 6.45) is 3.48. The summed E-state index contributed by atoms with van der Waals surface area (Å²) in [6.45, 7) is 4.53. The maximum Gasteiger partial charge on any atom is 0.0363 e. The first-order chi connectivity index (χ1) is 9.79. The van der Waals surface area contributed by atoms with E-state index in [1.165, 1.54) is 24.0 Å². The van der Waals surface area contributed by atoms with Crippen molar-refractivity contribution in [3.05, 3.63) is 71.8 Å². The quantitative estimate of drug-likeness (QED) is 0.763. The predicted molar refractivity (Wildman–Crippen MR) is 86.8 cm³/mol. The van der Waals surface area contributed by atoms with Gasteiger partial charge < -0.3 is 5.32 Å². The minimum absolute atomic E-state index is 0.389. The third-order valence-electron chi connectivity index (χ3n) is 3.69. The van der Waals surface area contributed by atoms with Crippen LogP contribution in [0.5, 0.6) is 0 Å². The van der Waals surface area contributed by atoms with E-state index >= 15 is 0 Å². The van der Waals surface area contributed by atoms with Gasteiger partial charge in [0.05, 0.1) is 0 Å². The highest BCUT2D eigenvalue weighted by atomic mass is 14.9. The van der Waals surface area contributed by atoms with E-state index in [2.05, 4.69) is 79.8 Å². The standard InChI is InChI=1S/C19H25N/c1-3-10-16(2)20-19(18-13-8-5-9-14-18)15-17-11-6-4-7-12-17/h4-9,11-14,16,19-20H,3,10,15H2,1-2H3. The van der Waals surface area contributed by atoms with Crippen molar-refractivity contribution in [1.82, 2.24) is 5.32 Å². The number of hydrogen-bond acceptors (Lipinski definition) is 1. The molecule has 0 aromatic heterocycles. The Morgan fingerprint density at radius 3 is 2.10 bits per heavy atom. The normalized spacial score (nSPS) is 13.9. The molecule has 0 aliphatic heterocycles. The first-order valence-corrected chi connectivity index (χ1v) is 7.64. The largest absolute Gasteiger partial charge is 0.307 e. The summed E-state index contributed by atoms with van der Waals surface area (Å²) in [5.74, 6) is 0. The number of nitrogens with one attached hydrogen (secondary N) is 1. The monoisotopic (exact) mass is 267 g/mol. The highest BCUT2D eigenvalue weighted by molar-refractivity contribution is 5.23. The Kier molecular flexibility index (Phi) is 5.82. The Balaban J connectivity index is 2.12. The molecule has 0 saturated heterocycles. The Bertz CT molecular complexity index is 478. The van der Waals surface area contributed by atoms with E-state index in [-0.39, 0.29) is 0 Å². The molecule has 1 nitrogen and oxygen atoms in total. The van der Waals surface area contributed by atoms with E-state index in [1.807, 2.05) is 0 Å². The summed E-state index contributed by atoms with van der Waals surface area (Å²) >= 11 is 0. The summed E-state index contributed by atoms with van der Waals surface area (Å²) in [4.78, 5) is 0. The van der Waals surface area contributed by atoms with Gasteiger partial charge in [-0.15, -0.1) is 0 Å². The van der Waals surface area contributed by atoms with Crippen LogP contribution < -0.4 is 5.32 Å². The van der Waals surface area contributed by atoms with Crippen LogP contribution in [0.2, 0.25) is 0 Å². The Hall–Kier alpha value is -1.60. The lowest BCUT2D eigenvalue weighted by Gasteiger charge is -2.24. The molecular weight excluding hydrogens is 242 g/mol. The van der Waals surface area contributed by atoms with Crippen LogP contribution >= 0.6 is 0 Å². The molecule has 2 rings (SSSR count). The van der Waals surface area contributed by atoms with Crippen LogP contribution in [0.15, 0.2) is 60.7 Å². The van der Waals surface area contributed by atoms with Gasteiger partial charge in [0.15, 0.2) is 0 Å². The first kappa shape index (κ1) is 14.8. The van der Waals surface area contributed by atoms with Gasteiger partial charge in [-0.2, -0.15) is 0 Å². The van der Waals surface area contributed by atoms with Gasteiger partial charge in [0.1, 0.15) is 0 Å². The second-order valence-corrected chi connectivity index (χ2v) is 5.51. The van der Waals surface area contributed by atoms with Crippen LogP contribution in [0.3, 0.4) is 0 Å². The third-order valence-corrected chi connectivity index (χ3v) is 3.69. The van der Waals surface area contributed by atoms with E-state index in [0.717, 1.165) is 6.42 Å². The molecule has 0 spiro atoms. The van der Waals surface area contributed by atoms with Crippen molar-refractivity contribution < 1.29 is 0 Å². The molecule has 2 atom stereocenters. The van der Waals surface area contributed by atoms with Crippen molar-refractivity contribution in [3.8, 4) is 0 Å². The molecule has 0 saturated carbocycles. The SMILES string of the molecule is CCCC(C)NC(Cc1ccccc1)c1ccccc1. The average molecular weight is 267 g/mol. The van der Waals surface area contributed by atoms with Crippen LogP contribution in [0, 0.1) is 0 Å². The van der Waals surface area contributed by atoms with E-state index < -0.39 is 0 Å². The molecule has 2 aromatic carbocycles. The van der Waals surface area contributed by atoms with Gasteiger partial charge in [0.2, 0.25) is 0 Å². The van der Waals surface area contributed by atoms with Crippen molar-refractivity contribution in [2.24, 2.45) is 0 Å². The van der Waals surface area contributed by atoms with Gasteiger partial charge in [-0.3, -0.25) is 0 Å². The summed E-state index contributed by atoms with van der Waals surface area (Å²) in [6, 6.07) is 22.4. The molecule has 106 valence electrons. The molecule has 1 heteroatoms. The van der Waals surface area contributed by atoms with Crippen molar-refractivity contribution >= 4 is 0 Å². The smallest absolute Gasteiger partial charge is 0.0363 e. The zero-order valence-electron chi connectivity index (χ0n) is 12.5. The van der Waals surface area contributed by atoms with E-state index in [0.29, 0.717) is 12.1 Å². The van der Waals surface area contributed by atoms with Crippen LogP contribution in [-0.2, 0) is 6.42 Å². The predicted octanol–water partition coefficient (Wildman–Crippen LogP) is 4.75. The highest BCUT2D eigenvalue weighted by Crippen LogP contribution is 2.19. The lowest BCUT2D eigenvalue weighted by molar-refractivity contribution is 0.430. The zero-order valence-corrected chi connectivity index (χ0v) is 12.5. The van der Waals surface area contributed by atoms with E-state index in [1.54, 1.807) is 0 Å². The van der Waals surface area contributed by atoms with Crippen LogP contribution in [-0.4, -0.2) is 6.04 Å². The van der Waals surface area contributed by atoms with Crippen molar-refractivity contribution in [2.45, 2.75) is 45.2 Å². The van der Waals surface area contributed by atoms with Gasteiger partial charge in [-0.05, 0) is 30.9 Å². The number of rotatable bonds is 7. The van der Waals surface area contributed by atoms with Gasteiger partial charge in [0, 0.05) is 12.1 Å². The fourth-order valence-electron chi connectivity index (χ4n) is 2.67. The first-order valence-electron chi connectivity index (χ1n) is 7.64. The lowest BCUT2D eigenvalue weighted by atomic mass is 9.97. The molecule has 0 radical (unpaired) electrons. The van der Waals surface area contributed by atoms with Crippen LogP contribution in [0.4, 0.5) is 0 Å². The molecule has 2 unspecified atom stereocenters. The fraction of sp³-hybridized carbons (Fsp3) is 0.368. The summed E-state index contributed by atoms with van der Waals surface area (Å²) in [5.41, 5.74) is 2.76. The molecule has 20 heavy (non-hydrogen) atoms. The zero-order chi connectivity index (χ0) is 14.2. The molecule has 0 fully saturated rings. The van der Waals surface area contributed by atoms with Gasteiger partial charge in [0.25, 0.3) is 0 Å². The summed E-state index contributed by atoms with van der Waals surface area (Å²) in [5, 5.41) is 3.78. The van der Waals surface area contributed by atoms with Gasteiger partial charge in [-0.25, -0.2) is 0 Å². The second-order valence-electron chi connectivity index (χ2n) is 5.51. The molecule has 0 aliphatic carbocycles. The van der Waals surface area contributed by atoms with Crippen molar-refractivity contribution in [3.63, 3.8) is 0 Å². The molecule has 0 aliphatic rings. The molecule has 2 aromatic rings. The minimum atomic E-state index is 0.389. The van der Waals surface area contributed by atoms with Crippen LogP contribution in [0.25, 0.3) is 0 Å². The van der Waals surface area contributed by atoms with Crippen LogP contribution in [0.1, 0.15) is 43.9 Å². The maximum atomic E-state index is 3.78. The van der Waals surface area contributed by atoms with E-state index in [4.69, 9.17) is 0 Å². The summed E-state index contributed by atoms with van der Waals surface area (Å²) < 4.78 is 0. The van der Waals surface area contributed by atoms with Gasteiger partial charge >= 0.3 is 0 Å². The fourth-order valence-corrected chi connectivity index (χ4v) is 2.67. The van der Waals surface area contributed by atoms with Crippen molar-refractivity contribution in [2.75, 3.05) is 0 Å². The number of hydrogen-bond donors (Lipinski definition) is 1. The van der Waals surface area contributed by atoms with Crippen molar-refractivity contribution in [1.29, 1.82) is 0 Å². The second kappa shape index (κ2) is 7.86. The molecule has 0 bridgehead atoms. The highest BCUT2D eigenvalue weighted by Gasteiger charge is 2.14. The van der Waals surface area contributed by atoms with Gasteiger partial charge in [-0.1, -0.05) is 74.0 Å². The third kappa shape index (κ3) is 4.50. The Morgan fingerprint density at radius 2 is 1.50 bits per heavy atom. The molecular formula is C19H25N. The topological polar surface area (TPSA) is 12.0 Å². The summed E-state index contributed by atoms with van der Waals surface area (Å²) in [7, 11) is 0. The Morgan fingerprint density at radius 1 is 0.900 bits per heavy atom. The molecule has 0 amide bonds. The number of benzene rings is 2. The minimum Gasteiger partial charge on any atom is -0.307 e. The average Bonchev–Trinajstić information content (AvgIpc) is 2.49. The maximum absolute atomic E-state index is 3.78. The molecule has 0 heterocycles. The lowest BCUT2D eigenvalue weighted by Crippen LogP contribution is -2.31. The van der Waals surface area contributed by atoms with E-state index in [9.17, 15) is 0 Å².